The summed E-state index contributed by atoms with van der Waals surface area (Å²) in [5.74, 6) is -0.430. The van der Waals surface area contributed by atoms with Gasteiger partial charge in [-0.2, -0.15) is 0 Å². The summed E-state index contributed by atoms with van der Waals surface area (Å²) in [5, 5.41) is 3.58. The van der Waals surface area contributed by atoms with Crippen molar-refractivity contribution in [1.82, 2.24) is 5.32 Å². The molecule has 0 aliphatic rings. The van der Waals surface area contributed by atoms with E-state index < -0.39 is 11.5 Å². The molecule has 1 amide bonds. The summed E-state index contributed by atoms with van der Waals surface area (Å²) >= 11 is 0. The summed E-state index contributed by atoms with van der Waals surface area (Å²) in [6.07, 6.45) is 0. The van der Waals surface area contributed by atoms with Gasteiger partial charge in [-0.3, -0.25) is 4.79 Å². The van der Waals surface area contributed by atoms with E-state index in [0.29, 0.717) is 5.58 Å². The number of hydrogen-bond donors (Lipinski definition) is 1. The zero-order valence-electron chi connectivity index (χ0n) is 13.0. The van der Waals surface area contributed by atoms with Crippen LogP contribution in [0, 0.1) is 6.92 Å². The van der Waals surface area contributed by atoms with Crippen LogP contribution in [0.25, 0.3) is 11.0 Å². The highest BCUT2D eigenvalue weighted by Gasteiger charge is 2.17. The Morgan fingerprint density at radius 2 is 1.78 bits per heavy atom. The minimum atomic E-state index is -0.627. The van der Waals surface area contributed by atoms with Crippen LogP contribution in [0.3, 0.4) is 0 Å². The molecule has 0 fully saturated rings. The van der Waals surface area contributed by atoms with Crippen LogP contribution in [0.5, 0.6) is 0 Å². The molecule has 0 aliphatic heterocycles. The molecule has 0 bridgehead atoms. The number of hydrogen-bond acceptors (Lipinski definition) is 3. The highest BCUT2D eigenvalue weighted by molar-refractivity contribution is 5.96. The molecule has 4 nitrogen and oxygen atoms in total. The Hall–Kier alpha value is -2.88. The molecule has 0 spiro atoms. The molecule has 116 valence electrons. The summed E-state index contributed by atoms with van der Waals surface area (Å²) in [5.41, 5.74) is 1.97. The van der Waals surface area contributed by atoms with E-state index in [1.807, 2.05) is 44.2 Å². The normalized spacial score (nSPS) is 12.1. The largest absolute Gasteiger partial charge is 0.422 e. The molecule has 1 atom stereocenters. The molecule has 0 saturated carbocycles. The second-order valence-corrected chi connectivity index (χ2v) is 5.54. The van der Waals surface area contributed by atoms with Gasteiger partial charge in [0.1, 0.15) is 11.1 Å². The van der Waals surface area contributed by atoms with E-state index in [2.05, 4.69) is 5.32 Å². The Balaban J connectivity index is 1.90. The molecule has 0 radical (unpaired) electrons. The average molecular weight is 307 g/mol. The van der Waals surface area contributed by atoms with E-state index in [1.165, 1.54) is 0 Å². The summed E-state index contributed by atoms with van der Waals surface area (Å²) in [4.78, 5) is 24.5. The third kappa shape index (κ3) is 3.01. The molecule has 0 saturated heterocycles. The van der Waals surface area contributed by atoms with Gasteiger partial charge in [0.2, 0.25) is 0 Å². The number of amides is 1. The molecular weight excluding hydrogens is 290 g/mol. The second-order valence-electron chi connectivity index (χ2n) is 5.54. The van der Waals surface area contributed by atoms with Gasteiger partial charge in [0.25, 0.3) is 5.91 Å². The molecule has 3 aromatic rings. The summed E-state index contributed by atoms with van der Waals surface area (Å²) in [6.45, 7) is 3.88. The van der Waals surface area contributed by atoms with Gasteiger partial charge in [0.15, 0.2) is 0 Å². The van der Waals surface area contributed by atoms with E-state index >= 15 is 0 Å². The number of para-hydroxylation sites is 1. The monoisotopic (exact) mass is 307 g/mol. The van der Waals surface area contributed by atoms with E-state index in [-0.39, 0.29) is 11.6 Å². The topological polar surface area (TPSA) is 59.3 Å². The van der Waals surface area contributed by atoms with E-state index in [0.717, 1.165) is 16.5 Å². The minimum Gasteiger partial charge on any atom is -0.422 e. The van der Waals surface area contributed by atoms with Gasteiger partial charge in [-0.15, -0.1) is 0 Å². The molecule has 1 N–H and O–H groups in total. The maximum absolute atomic E-state index is 12.4. The molecule has 3 rings (SSSR count). The highest BCUT2D eigenvalue weighted by Crippen LogP contribution is 2.18. The fraction of sp³-hybridized carbons (Fsp3) is 0.158. The van der Waals surface area contributed by atoms with Crippen LogP contribution in [0.15, 0.2) is 63.8 Å². The number of benzene rings is 2. The van der Waals surface area contributed by atoms with Crippen molar-refractivity contribution in [3.05, 3.63) is 81.7 Å². The van der Waals surface area contributed by atoms with Crippen molar-refractivity contribution in [2.45, 2.75) is 19.9 Å². The smallest absolute Gasteiger partial charge is 0.349 e. The summed E-state index contributed by atoms with van der Waals surface area (Å²) < 4.78 is 5.21. The third-order valence-corrected chi connectivity index (χ3v) is 3.89. The number of rotatable bonds is 3. The van der Waals surface area contributed by atoms with Gasteiger partial charge < -0.3 is 9.73 Å². The average Bonchev–Trinajstić information content (AvgIpc) is 2.54. The maximum Gasteiger partial charge on any atom is 0.349 e. The Bertz CT molecular complexity index is 927. The standard InChI is InChI=1S/C19H17NO3/c1-12-7-3-5-9-15(12)13(2)20-18(21)16-11-14-8-4-6-10-17(14)23-19(16)22/h3-11,13H,1-2H3,(H,20,21). The predicted molar refractivity (Wildman–Crippen MR) is 89.5 cm³/mol. The molecule has 4 heteroatoms. The van der Waals surface area contributed by atoms with E-state index in [4.69, 9.17) is 4.42 Å². The minimum absolute atomic E-state index is 0.0177. The zero-order chi connectivity index (χ0) is 16.4. The predicted octanol–water partition coefficient (Wildman–Crippen LogP) is 3.59. The SMILES string of the molecule is Cc1ccccc1C(C)NC(=O)c1cc2ccccc2oc1=O. The number of carbonyl (C=O) groups is 1. The van der Waals surface area contributed by atoms with Crippen molar-refractivity contribution in [3.8, 4) is 0 Å². The quantitative estimate of drug-likeness (QED) is 0.752. The van der Waals surface area contributed by atoms with Gasteiger partial charge in [-0.1, -0.05) is 42.5 Å². The Morgan fingerprint density at radius 3 is 2.57 bits per heavy atom. The lowest BCUT2D eigenvalue weighted by Gasteiger charge is -2.16. The van der Waals surface area contributed by atoms with Crippen LogP contribution in [-0.4, -0.2) is 5.91 Å². The van der Waals surface area contributed by atoms with Gasteiger partial charge >= 0.3 is 5.63 Å². The van der Waals surface area contributed by atoms with E-state index in [1.54, 1.807) is 24.3 Å². The zero-order valence-corrected chi connectivity index (χ0v) is 13.0. The summed E-state index contributed by atoms with van der Waals surface area (Å²) in [6, 6.07) is 16.3. The molecule has 1 aromatic heterocycles. The summed E-state index contributed by atoms with van der Waals surface area (Å²) in [7, 11) is 0. The lowest BCUT2D eigenvalue weighted by Crippen LogP contribution is -2.30. The van der Waals surface area contributed by atoms with Crippen molar-refractivity contribution in [3.63, 3.8) is 0 Å². The fourth-order valence-corrected chi connectivity index (χ4v) is 2.65. The maximum atomic E-state index is 12.4. The number of carbonyl (C=O) groups excluding carboxylic acids is 1. The lowest BCUT2D eigenvalue weighted by atomic mass is 10.0. The second kappa shape index (κ2) is 6.08. The van der Waals surface area contributed by atoms with Crippen LogP contribution >= 0.6 is 0 Å². The molecule has 1 heterocycles. The first-order valence-electron chi connectivity index (χ1n) is 7.45. The first kappa shape index (κ1) is 15.0. The van der Waals surface area contributed by atoms with Gasteiger partial charge in [-0.25, -0.2) is 4.79 Å². The van der Waals surface area contributed by atoms with Crippen molar-refractivity contribution < 1.29 is 9.21 Å². The molecule has 1 unspecified atom stereocenters. The van der Waals surface area contributed by atoms with Crippen molar-refractivity contribution in [2.24, 2.45) is 0 Å². The highest BCUT2D eigenvalue weighted by atomic mass is 16.4. The van der Waals surface area contributed by atoms with Crippen LogP contribution in [0.2, 0.25) is 0 Å². The Kier molecular flexibility index (Phi) is 3.98. The van der Waals surface area contributed by atoms with Crippen molar-refractivity contribution in [2.75, 3.05) is 0 Å². The molecule has 23 heavy (non-hydrogen) atoms. The molecule has 2 aromatic carbocycles. The van der Waals surface area contributed by atoms with Crippen LogP contribution in [0.1, 0.15) is 34.5 Å². The van der Waals surface area contributed by atoms with Crippen LogP contribution in [0.4, 0.5) is 0 Å². The molecular formula is C19H17NO3. The number of fused-ring (bicyclic) bond motifs is 1. The van der Waals surface area contributed by atoms with Gasteiger partial charge in [0.05, 0.1) is 6.04 Å². The van der Waals surface area contributed by atoms with Crippen LogP contribution < -0.4 is 10.9 Å². The first-order valence-corrected chi connectivity index (χ1v) is 7.45. The number of aryl methyl sites for hydroxylation is 1. The van der Waals surface area contributed by atoms with Crippen molar-refractivity contribution in [1.29, 1.82) is 0 Å². The first-order chi connectivity index (χ1) is 11.1. The Labute approximate surface area is 133 Å². The Morgan fingerprint density at radius 1 is 1.09 bits per heavy atom. The number of nitrogens with one attached hydrogen (secondary N) is 1. The fourth-order valence-electron chi connectivity index (χ4n) is 2.65. The molecule has 0 aliphatic carbocycles. The third-order valence-electron chi connectivity index (χ3n) is 3.89. The van der Waals surface area contributed by atoms with Gasteiger partial charge in [0, 0.05) is 5.39 Å². The van der Waals surface area contributed by atoms with Crippen LogP contribution in [-0.2, 0) is 0 Å². The van der Waals surface area contributed by atoms with Crippen molar-refractivity contribution >= 4 is 16.9 Å². The lowest BCUT2D eigenvalue weighted by molar-refractivity contribution is 0.0936. The van der Waals surface area contributed by atoms with E-state index in [9.17, 15) is 9.59 Å². The van der Waals surface area contributed by atoms with Gasteiger partial charge in [-0.05, 0) is 37.1 Å².